The molecule has 1 heterocycles. The van der Waals surface area contributed by atoms with E-state index in [0.29, 0.717) is 6.04 Å². The highest BCUT2D eigenvalue weighted by Gasteiger charge is 2.16. The van der Waals surface area contributed by atoms with Crippen LogP contribution in [0.1, 0.15) is 5.56 Å². The molecule has 1 aliphatic heterocycles. The number of hydrogen-bond donors (Lipinski definition) is 1. The van der Waals surface area contributed by atoms with Gasteiger partial charge in [-0.1, -0.05) is 23.7 Å². The van der Waals surface area contributed by atoms with Crippen LogP contribution < -0.4 is 5.32 Å². The van der Waals surface area contributed by atoms with Gasteiger partial charge in [-0.15, -0.1) is 0 Å². The highest BCUT2D eigenvalue weighted by atomic mass is 35.5. The molecular weight excluding hydrogens is 208 g/mol. The van der Waals surface area contributed by atoms with Gasteiger partial charge in [0.2, 0.25) is 0 Å². The van der Waals surface area contributed by atoms with Gasteiger partial charge in [0.1, 0.15) is 0 Å². The monoisotopic (exact) mass is 224 g/mol. The van der Waals surface area contributed by atoms with Crippen LogP contribution in [0, 0.1) is 0 Å². The van der Waals surface area contributed by atoms with E-state index in [1.165, 1.54) is 5.56 Å². The number of nitrogens with zero attached hydrogens (tertiary/aromatic N) is 1. The molecule has 0 amide bonds. The molecule has 1 saturated heterocycles. The predicted octanol–water partition coefficient (Wildman–Crippen LogP) is 1.79. The summed E-state index contributed by atoms with van der Waals surface area (Å²) in [5.41, 5.74) is 1.32. The first kappa shape index (κ1) is 10.9. The van der Waals surface area contributed by atoms with Crippen molar-refractivity contribution in [3.8, 4) is 0 Å². The summed E-state index contributed by atoms with van der Waals surface area (Å²) in [6.45, 7) is 3.35. The van der Waals surface area contributed by atoms with Crippen LogP contribution in [0.15, 0.2) is 24.3 Å². The third-order valence-electron chi connectivity index (χ3n) is 2.83. The van der Waals surface area contributed by atoms with Crippen molar-refractivity contribution in [2.75, 3.05) is 26.7 Å². The van der Waals surface area contributed by atoms with Gasteiger partial charge in [0.25, 0.3) is 0 Å². The minimum absolute atomic E-state index is 0.558. The lowest BCUT2D eigenvalue weighted by Crippen LogP contribution is -2.49. The molecule has 1 atom stereocenters. The lowest BCUT2D eigenvalue weighted by molar-refractivity contribution is 0.238. The summed E-state index contributed by atoms with van der Waals surface area (Å²) in [5.74, 6) is 0. The van der Waals surface area contributed by atoms with Crippen LogP contribution in [-0.2, 0) is 6.42 Å². The van der Waals surface area contributed by atoms with Crippen molar-refractivity contribution in [1.82, 2.24) is 10.2 Å². The van der Waals surface area contributed by atoms with Crippen LogP contribution in [-0.4, -0.2) is 37.6 Å². The van der Waals surface area contributed by atoms with Crippen molar-refractivity contribution in [2.45, 2.75) is 12.5 Å². The fourth-order valence-corrected chi connectivity index (χ4v) is 2.29. The summed E-state index contributed by atoms with van der Waals surface area (Å²) in [6.07, 6.45) is 1.06. The molecule has 0 spiro atoms. The molecule has 3 heteroatoms. The molecule has 2 rings (SSSR count). The lowest BCUT2D eigenvalue weighted by Gasteiger charge is -2.31. The molecule has 1 fully saturated rings. The van der Waals surface area contributed by atoms with Gasteiger partial charge >= 0.3 is 0 Å². The average molecular weight is 225 g/mol. The topological polar surface area (TPSA) is 15.3 Å². The Morgan fingerprint density at radius 3 is 3.13 bits per heavy atom. The molecule has 1 aliphatic rings. The molecule has 0 saturated carbocycles. The Balaban J connectivity index is 1.96. The predicted molar refractivity (Wildman–Crippen MR) is 64.4 cm³/mol. The zero-order valence-electron chi connectivity index (χ0n) is 9.04. The second kappa shape index (κ2) is 4.97. The van der Waals surface area contributed by atoms with Crippen LogP contribution in [0.3, 0.4) is 0 Å². The largest absolute Gasteiger partial charge is 0.311 e. The van der Waals surface area contributed by atoms with E-state index in [1.807, 2.05) is 12.1 Å². The van der Waals surface area contributed by atoms with Gasteiger partial charge in [-0.25, -0.2) is 0 Å². The number of nitrogens with one attached hydrogen (secondary N) is 1. The zero-order chi connectivity index (χ0) is 10.7. The quantitative estimate of drug-likeness (QED) is 0.824. The lowest BCUT2D eigenvalue weighted by atomic mass is 10.0. The SMILES string of the molecule is CN1CCNC(Cc2cccc(Cl)c2)C1. The van der Waals surface area contributed by atoms with E-state index in [1.54, 1.807) is 0 Å². The van der Waals surface area contributed by atoms with Gasteiger partial charge in [0, 0.05) is 30.7 Å². The molecule has 0 radical (unpaired) electrons. The Morgan fingerprint density at radius 2 is 2.40 bits per heavy atom. The summed E-state index contributed by atoms with van der Waals surface area (Å²) in [4.78, 5) is 2.37. The summed E-state index contributed by atoms with van der Waals surface area (Å²) >= 11 is 5.96. The summed E-state index contributed by atoms with van der Waals surface area (Å²) in [7, 11) is 2.17. The molecular formula is C12H17ClN2. The summed E-state index contributed by atoms with van der Waals surface area (Å²) in [6, 6.07) is 8.69. The minimum atomic E-state index is 0.558. The molecule has 1 aromatic rings. The highest BCUT2D eigenvalue weighted by molar-refractivity contribution is 6.30. The van der Waals surface area contributed by atoms with Crippen LogP contribution in [0.2, 0.25) is 5.02 Å². The Morgan fingerprint density at radius 1 is 1.53 bits per heavy atom. The molecule has 1 N–H and O–H groups in total. The summed E-state index contributed by atoms with van der Waals surface area (Å²) in [5, 5.41) is 4.36. The molecule has 82 valence electrons. The van der Waals surface area contributed by atoms with E-state index >= 15 is 0 Å². The van der Waals surface area contributed by atoms with Crippen LogP contribution in [0.4, 0.5) is 0 Å². The van der Waals surface area contributed by atoms with Crippen molar-refractivity contribution in [3.05, 3.63) is 34.9 Å². The standard InChI is InChI=1S/C12H17ClN2/c1-15-6-5-14-12(9-15)8-10-3-2-4-11(13)7-10/h2-4,7,12,14H,5-6,8-9H2,1H3. The maximum absolute atomic E-state index is 5.96. The maximum Gasteiger partial charge on any atom is 0.0408 e. The van der Waals surface area contributed by atoms with Gasteiger partial charge in [-0.2, -0.15) is 0 Å². The van der Waals surface area contributed by atoms with Gasteiger partial charge in [0.05, 0.1) is 0 Å². The number of likely N-dealkylation sites (N-methyl/N-ethyl adjacent to an activating group) is 1. The first-order chi connectivity index (χ1) is 7.24. The van der Waals surface area contributed by atoms with Crippen molar-refractivity contribution in [1.29, 1.82) is 0 Å². The molecule has 0 bridgehead atoms. The second-order valence-corrected chi connectivity index (χ2v) is 4.68. The minimum Gasteiger partial charge on any atom is -0.311 e. The van der Waals surface area contributed by atoms with E-state index in [2.05, 4.69) is 29.4 Å². The van der Waals surface area contributed by atoms with Crippen LogP contribution >= 0.6 is 11.6 Å². The highest BCUT2D eigenvalue weighted by Crippen LogP contribution is 2.13. The van der Waals surface area contributed by atoms with E-state index in [4.69, 9.17) is 11.6 Å². The van der Waals surface area contributed by atoms with Crippen molar-refractivity contribution in [2.24, 2.45) is 0 Å². The fraction of sp³-hybridized carbons (Fsp3) is 0.500. The molecule has 2 nitrogen and oxygen atoms in total. The van der Waals surface area contributed by atoms with Gasteiger partial charge in [-0.05, 0) is 31.2 Å². The Kier molecular flexibility index (Phi) is 3.62. The Hall–Kier alpha value is -0.570. The van der Waals surface area contributed by atoms with E-state index in [0.717, 1.165) is 31.1 Å². The summed E-state index contributed by atoms with van der Waals surface area (Å²) < 4.78 is 0. The van der Waals surface area contributed by atoms with Crippen LogP contribution in [0.5, 0.6) is 0 Å². The third kappa shape index (κ3) is 3.20. The third-order valence-corrected chi connectivity index (χ3v) is 3.06. The number of rotatable bonds is 2. The van der Waals surface area contributed by atoms with Crippen LogP contribution in [0.25, 0.3) is 0 Å². The van der Waals surface area contributed by atoms with E-state index in [9.17, 15) is 0 Å². The van der Waals surface area contributed by atoms with Crippen molar-refractivity contribution in [3.63, 3.8) is 0 Å². The smallest absolute Gasteiger partial charge is 0.0408 e. The molecule has 0 aromatic heterocycles. The Bertz CT molecular complexity index is 327. The van der Waals surface area contributed by atoms with E-state index in [-0.39, 0.29) is 0 Å². The first-order valence-corrected chi connectivity index (χ1v) is 5.78. The Labute approximate surface area is 96.2 Å². The molecule has 1 unspecified atom stereocenters. The average Bonchev–Trinajstić information content (AvgIpc) is 2.17. The maximum atomic E-state index is 5.96. The molecule has 0 aliphatic carbocycles. The normalized spacial score (nSPS) is 22.9. The van der Waals surface area contributed by atoms with Gasteiger partial charge in [0.15, 0.2) is 0 Å². The molecule has 1 aromatic carbocycles. The van der Waals surface area contributed by atoms with Crippen molar-refractivity contribution < 1.29 is 0 Å². The number of benzene rings is 1. The zero-order valence-corrected chi connectivity index (χ0v) is 9.80. The fourth-order valence-electron chi connectivity index (χ4n) is 2.08. The van der Waals surface area contributed by atoms with Gasteiger partial charge in [-0.3, -0.25) is 0 Å². The number of hydrogen-bond acceptors (Lipinski definition) is 2. The van der Waals surface area contributed by atoms with Gasteiger partial charge < -0.3 is 10.2 Å². The first-order valence-electron chi connectivity index (χ1n) is 5.40. The number of halogens is 1. The van der Waals surface area contributed by atoms with E-state index < -0.39 is 0 Å². The number of piperazine rings is 1. The second-order valence-electron chi connectivity index (χ2n) is 4.25. The molecule has 15 heavy (non-hydrogen) atoms. The van der Waals surface area contributed by atoms with Crippen molar-refractivity contribution >= 4 is 11.6 Å².